The molecule has 0 spiro atoms. The van der Waals surface area contributed by atoms with Crippen molar-refractivity contribution < 1.29 is 0 Å². The average Bonchev–Trinajstić information content (AvgIpc) is 2.90. The van der Waals surface area contributed by atoms with Gasteiger partial charge in [0.1, 0.15) is 0 Å². The molecule has 0 aliphatic carbocycles. The van der Waals surface area contributed by atoms with Gasteiger partial charge in [-0.2, -0.15) is 0 Å². The van der Waals surface area contributed by atoms with Crippen LogP contribution in [0.3, 0.4) is 0 Å². The van der Waals surface area contributed by atoms with Crippen LogP contribution in [0.15, 0.2) is 54.6 Å². The normalized spacial score (nSPS) is 12.7. The van der Waals surface area contributed by atoms with E-state index in [-0.39, 0.29) is 0 Å². The molecule has 0 fully saturated rings. The summed E-state index contributed by atoms with van der Waals surface area (Å²) < 4.78 is 2.65. The number of rotatable bonds is 4. The highest BCUT2D eigenvalue weighted by Gasteiger charge is 2.13. The summed E-state index contributed by atoms with van der Waals surface area (Å²) in [4.78, 5) is 1.41. The van der Waals surface area contributed by atoms with Crippen molar-refractivity contribution in [2.24, 2.45) is 0 Å². The van der Waals surface area contributed by atoms with E-state index in [1.54, 1.807) is 0 Å². The number of nitrogens with one attached hydrogen (secondary N) is 1. The summed E-state index contributed by atoms with van der Waals surface area (Å²) in [6.45, 7) is 0. The van der Waals surface area contributed by atoms with Crippen LogP contribution < -0.4 is 5.32 Å². The van der Waals surface area contributed by atoms with Gasteiger partial charge in [0, 0.05) is 19.2 Å². The van der Waals surface area contributed by atoms with Crippen LogP contribution in [0.1, 0.15) is 16.5 Å². The maximum absolute atomic E-state index is 3.45. The first-order valence-electron chi connectivity index (χ1n) is 6.66. The number of hydrogen-bond donors (Lipinski definition) is 1. The highest BCUT2D eigenvalue weighted by molar-refractivity contribution is 14.1. The first kappa shape index (κ1) is 14.0. The second-order valence-electron chi connectivity index (χ2n) is 4.86. The largest absolute Gasteiger partial charge is 0.312 e. The Morgan fingerprint density at radius 1 is 1.10 bits per heavy atom. The van der Waals surface area contributed by atoms with Crippen LogP contribution in [0.2, 0.25) is 0 Å². The van der Waals surface area contributed by atoms with Gasteiger partial charge < -0.3 is 5.32 Å². The molecule has 3 aromatic rings. The first-order chi connectivity index (χ1) is 9.76. The van der Waals surface area contributed by atoms with E-state index < -0.39 is 0 Å². The number of likely N-dealkylation sites (N-methyl/N-ethyl adjacent to an activating group) is 1. The lowest BCUT2D eigenvalue weighted by Gasteiger charge is -2.14. The third kappa shape index (κ3) is 3.05. The number of thiophene rings is 1. The molecule has 0 aliphatic rings. The van der Waals surface area contributed by atoms with Crippen molar-refractivity contribution in [3.63, 3.8) is 0 Å². The van der Waals surface area contributed by atoms with Gasteiger partial charge in [0.25, 0.3) is 0 Å². The van der Waals surface area contributed by atoms with Crippen LogP contribution in [0, 0.1) is 3.57 Å². The van der Waals surface area contributed by atoms with Crippen molar-refractivity contribution in [2.45, 2.75) is 12.5 Å². The van der Waals surface area contributed by atoms with Gasteiger partial charge in [0.2, 0.25) is 0 Å². The predicted octanol–water partition coefficient (Wildman–Crippen LogP) is 5.01. The topological polar surface area (TPSA) is 12.0 Å². The fourth-order valence-corrected chi connectivity index (χ4v) is 3.91. The Labute approximate surface area is 137 Å². The van der Waals surface area contributed by atoms with Gasteiger partial charge >= 0.3 is 0 Å². The van der Waals surface area contributed by atoms with Crippen LogP contribution in [-0.4, -0.2) is 7.05 Å². The highest BCUT2D eigenvalue weighted by Crippen LogP contribution is 2.31. The van der Waals surface area contributed by atoms with Gasteiger partial charge in [-0.3, -0.25) is 0 Å². The molecule has 2 aromatic carbocycles. The molecule has 20 heavy (non-hydrogen) atoms. The zero-order valence-electron chi connectivity index (χ0n) is 11.3. The molecular formula is C17H16INS. The molecule has 1 nitrogen and oxygen atoms in total. The summed E-state index contributed by atoms with van der Waals surface area (Å²) in [5, 5.41) is 4.79. The van der Waals surface area contributed by atoms with Crippen LogP contribution >= 0.6 is 33.9 Å². The van der Waals surface area contributed by atoms with Gasteiger partial charge in [-0.25, -0.2) is 0 Å². The molecule has 1 N–H and O–H groups in total. The number of hydrogen-bond acceptors (Lipinski definition) is 2. The SMILES string of the molecule is CNC(Cc1ccc(I)cc1)c1cc2ccccc2s1. The molecule has 0 saturated carbocycles. The molecule has 1 atom stereocenters. The van der Waals surface area contributed by atoms with E-state index in [2.05, 4.69) is 82.5 Å². The van der Waals surface area contributed by atoms with Crippen LogP contribution in [0.5, 0.6) is 0 Å². The quantitative estimate of drug-likeness (QED) is 0.615. The Kier molecular flexibility index (Phi) is 4.38. The van der Waals surface area contributed by atoms with Gasteiger partial charge in [-0.05, 0) is 71.3 Å². The first-order valence-corrected chi connectivity index (χ1v) is 8.56. The third-order valence-corrected chi connectivity index (χ3v) is 5.44. The zero-order valence-corrected chi connectivity index (χ0v) is 14.2. The van der Waals surface area contributed by atoms with Crippen LogP contribution in [-0.2, 0) is 6.42 Å². The summed E-state index contributed by atoms with van der Waals surface area (Å²) in [6, 6.07) is 20.1. The lowest BCUT2D eigenvalue weighted by Crippen LogP contribution is -2.17. The lowest BCUT2D eigenvalue weighted by atomic mass is 10.0. The van der Waals surface area contributed by atoms with E-state index in [9.17, 15) is 0 Å². The monoisotopic (exact) mass is 393 g/mol. The van der Waals surface area contributed by atoms with Crippen LogP contribution in [0.4, 0.5) is 0 Å². The Hall–Kier alpha value is -0.910. The molecule has 0 saturated heterocycles. The molecule has 1 aromatic heterocycles. The molecule has 0 amide bonds. The molecular weight excluding hydrogens is 377 g/mol. The van der Waals surface area contributed by atoms with E-state index in [0.717, 1.165) is 6.42 Å². The standard InChI is InChI=1S/C17H16INS/c1-19-15(10-12-6-8-14(18)9-7-12)17-11-13-4-2-3-5-16(13)20-17/h2-9,11,15,19H,10H2,1H3. The van der Waals surface area contributed by atoms with Crippen molar-refractivity contribution in [1.82, 2.24) is 5.32 Å². The van der Waals surface area contributed by atoms with Crippen molar-refractivity contribution in [2.75, 3.05) is 7.05 Å². The smallest absolute Gasteiger partial charge is 0.0453 e. The summed E-state index contributed by atoms with van der Waals surface area (Å²) in [6.07, 6.45) is 1.03. The fourth-order valence-electron chi connectivity index (χ4n) is 2.38. The minimum Gasteiger partial charge on any atom is -0.312 e. The lowest BCUT2D eigenvalue weighted by molar-refractivity contribution is 0.602. The third-order valence-electron chi connectivity index (χ3n) is 3.49. The number of benzene rings is 2. The summed E-state index contributed by atoms with van der Waals surface area (Å²) in [5.74, 6) is 0. The molecule has 0 bridgehead atoms. The van der Waals surface area contributed by atoms with E-state index in [1.165, 1.54) is 24.1 Å². The molecule has 0 aliphatic heterocycles. The summed E-state index contributed by atoms with van der Waals surface area (Å²) >= 11 is 4.24. The van der Waals surface area contributed by atoms with Crippen molar-refractivity contribution in [1.29, 1.82) is 0 Å². The zero-order chi connectivity index (χ0) is 13.9. The number of fused-ring (bicyclic) bond motifs is 1. The Morgan fingerprint density at radius 2 is 1.85 bits per heavy atom. The Balaban J connectivity index is 1.87. The molecule has 1 heterocycles. The van der Waals surface area contributed by atoms with Crippen molar-refractivity contribution in [3.05, 3.63) is 68.6 Å². The van der Waals surface area contributed by atoms with Crippen molar-refractivity contribution >= 4 is 44.0 Å². The minimum absolute atomic E-state index is 0.382. The predicted molar refractivity (Wildman–Crippen MR) is 96.5 cm³/mol. The molecule has 1 unspecified atom stereocenters. The van der Waals surface area contributed by atoms with Gasteiger partial charge in [-0.15, -0.1) is 11.3 Å². The fraction of sp³-hybridized carbons (Fsp3) is 0.176. The summed E-state index contributed by atoms with van der Waals surface area (Å²) in [7, 11) is 2.04. The van der Waals surface area contributed by atoms with Gasteiger partial charge in [0.15, 0.2) is 0 Å². The second-order valence-corrected chi connectivity index (χ2v) is 7.22. The highest BCUT2D eigenvalue weighted by atomic mass is 127. The molecule has 3 rings (SSSR count). The van der Waals surface area contributed by atoms with Crippen molar-refractivity contribution in [3.8, 4) is 0 Å². The average molecular weight is 393 g/mol. The van der Waals surface area contributed by atoms with Gasteiger partial charge in [-0.1, -0.05) is 30.3 Å². The number of halogens is 1. The van der Waals surface area contributed by atoms with E-state index in [4.69, 9.17) is 0 Å². The maximum atomic E-state index is 3.45. The minimum atomic E-state index is 0.382. The Morgan fingerprint density at radius 3 is 2.55 bits per heavy atom. The maximum Gasteiger partial charge on any atom is 0.0453 e. The van der Waals surface area contributed by atoms with Gasteiger partial charge in [0.05, 0.1) is 0 Å². The van der Waals surface area contributed by atoms with Crippen LogP contribution in [0.25, 0.3) is 10.1 Å². The molecule has 3 heteroatoms. The van der Waals surface area contributed by atoms with E-state index >= 15 is 0 Å². The van der Waals surface area contributed by atoms with E-state index in [0.29, 0.717) is 6.04 Å². The van der Waals surface area contributed by atoms with E-state index in [1.807, 2.05) is 18.4 Å². The molecule has 102 valence electrons. The Bertz CT molecular complexity index is 669. The second kappa shape index (κ2) is 6.24. The molecule has 0 radical (unpaired) electrons. The summed E-state index contributed by atoms with van der Waals surface area (Å²) in [5.41, 5.74) is 1.38.